The van der Waals surface area contributed by atoms with Crippen molar-refractivity contribution in [3.05, 3.63) is 0 Å². The van der Waals surface area contributed by atoms with Gasteiger partial charge in [-0.2, -0.15) is 0 Å². The SMILES string of the molecule is CCC1(C)NCC1CC(C)C. The molecule has 0 saturated carbocycles. The predicted molar refractivity (Wildman–Crippen MR) is 49.6 cm³/mol. The van der Waals surface area contributed by atoms with Crippen molar-refractivity contribution in [1.29, 1.82) is 0 Å². The van der Waals surface area contributed by atoms with Crippen LogP contribution in [0.1, 0.15) is 40.5 Å². The van der Waals surface area contributed by atoms with E-state index in [4.69, 9.17) is 0 Å². The molecule has 0 radical (unpaired) electrons. The van der Waals surface area contributed by atoms with Crippen molar-refractivity contribution in [2.75, 3.05) is 6.54 Å². The summed E-state index contributed by atoms with van der Waals surface area (Å²) in [4.78, 5) is 0. The molecule has 0 aromatic carbocycles. The third-order valence-electron chi connectivity index (χ3n) is 3.14. The minimum atomic E-state index is 0.463. The van der Waals surface area contributed by atoms with E-state index >= 15 is 0 Å². The number of nitrogens with one attached hydrogen (secondary N) is 1. The van der Waals surface area contributed by atoms with Crippen molar-refractivity contribution in [1.82, 2.24) is 5.32 Å². The zero-order valence-electron chi connectivity index (χ0n) is 8.28. The van der Waals surface area contributed by atoms with Crippen molar-refractivity contribution in [2.45, 2.75) is 46.1 Å². The molecule has 2 atom stereocenters. The summed E-state index contributed by atoms with van der Waals surface area (Å²) in [6, 6.07) is 0. The highest BCUT2D eigenvalue weighted by molar-refractivity contribution is 4.99. The van der Waals surface area contributed by atoms with Crippen LogP contribution in [0, 0.1) is 11.8 Å². The van der Waals surface area contributed by atoms with Crippen LogP contribution in [-0.2, 0) is 0 Å². The van der Waals surface area contributed by atoms with E-state index in [9.17, 15) is 0 Å². The summed E-state index contributed by atoms with van der Waals surface area (Å²) in [5.41, 5.74) is 0.463. The Hall–Kier alpha value is -0.0400. The van der Waals surface area contributed by atoms with Gasteiger partial charge < -0.3 is 5.32 Å². The van der Waals surface area contributed by atoms with Gasteiger partial charge in [-0.15, -0.1) is 0 Å². The van der Waals surface area contributed by atoms with Gasteiger partial charge in [-0.25, -0.2) is 0 Å². The number of hydrogen-bond donors (Lipinski definition) is 1. The van der Waals surface area contributed by atoms with Crippen molar-refractivity contribution in [3.63, 3.8) is 0 Å². The lowest BCUT2D eigenvalue weighted by atomic mass is 9.72. The van der Waals surface area contributed by atoms with E-state index in [2.05, 4.69) is 33.0 Å². The third kappa shape index (κ3) is 1.76. The van der Waals surface area contributed by atoms with Gasteiger partial charge in [0.25, 0.3) is 0 Å². The fraction of sp³-hybridized carbons (Fsp3) is 1.00. The highest BCUT2D eigenvalue weighted by atomic mass is 15.1. The first kappa shape index (κ1) is 9.05. The van der Waals surface area contributed by atoms with E-state index in [-0.39, 0.29) is 0 Å². The summed E-state index contributed by atoms with van der Waals surface area (Å²) < 4.78 is 0. The Labute approximate surface area is 70.6 Å². The minimum Gasteiger partial charge on any atom is -0.311 e. The molecule has 1 aliphatic rings. The van der Waals surface area contributed by atoms with Gasteiger partial charge in [0.05, 0.1) is 0 Å². The molecule has 1 nitrogen and oxygen atoms in total. The number of rotatable bonds is 3. The molecule has 1 heterocycles. The quantitative estimate of drug-likeness (QED) is 0.660. The predicted octanol–water partition coefficient (Wildman–Crippen LogP) is 2.42. The molecular formula is C10H21N. The molecule has 1 rings (SSSR count). The molecule has 66 valence electrons. The van der Waals surface area contributed by atoms with Crippen LogP contribution in [0.25, 0.3) is 0 Å². The molecule has 0 aliphatic carbocycles. The second kappa shape index (κ2) is 3.14. The average Bonchev–Trinajstić information content (AvgIpc) is 1.96. The van der Waals surface area contributed by atoms with Gasteiger partial charge in [-0.1, -0.05) is 20.8 Å². The van der Waals surface area contributed by atoms with E-state index in [1.54, 1.807) is 0 Å². The molecule has 0 aromatic heterocycles. The number of hydrogen-bond acceptors (Lipinski definition) is 1. The molecule has 1 fully saturated rings. The van der Waals surface area contributed by atoms with Crippen LogP contribution in [0.5, 0.6) is 0 Å². The van der Waals surface area contributed by atoms with Crippen LogP contribution in [0.2, 0.25) is 0 Å². The van der Waals surface area contributed by atoms with Gasteiger partial charge in [-0.05, 0) is 31.6 Å². The smallest absolute Gasteiger partial charge is 0.0191 e. The Morgan fingerprint density at radius 1 is 1.55 bits per heavy atom. The Kier molecular flexibility index (Phi) is 2.58. The first-order chi connectivity index (χ1) is 5.08. The molecule has 0 aromatic rings. The Bertz CT molecular complexity index is 127. The third-order valence-corrected chi connectivity index (χ3v) is 3.14. The van der Waals surface area contributed by atoms with Gasteiger partial charge >= 0.3 is 0 Å². The van der Waals surface area contributed by atoms with Gasteiger partial charge in [0, 0.05) is 12.1 Å². The molecule has 0 spiro atoms. The molecule has 2 unspecified atom stereocenters. The second-order valence-corrected chi connectivity index (χ2v) is 4.48. The van der Waals surface area contributed by atoms with E-state index in [1.807, 2.05) is 0 Å². The van der Waals surface area contributed by atoms with E-state index in [1.165, 1.54) is 19.4 Å². The standard InChI is InChI=1S/C10H21N/c1-5-10(4)9(7-11-10)6-8(2)3/h8-9,11H,5-7H2,1-4H3. The van der Waals surface area contributed by atoms with Crippen molar-refractivity contribution < 1.29 is 0 Å². The average molecular weight is 155 g/mol. The maximum absolute atomic E-state index is 3.53. The van der Waals surface area contributed by atoms with Crippen LogP contribution in [0.4, 0.5) is 0 Å². The van der Waals surface area contributed by atoms with Crippen LogP contribution < -0.4 is 5.32 Å². The van der Waals surface area contributed by atoms with Crippen molar-refractivity contribution >= 4 is 0 Å². The minimum absolute atomic E-state index is 0.463. The molecule has 1 N–H and O–H groups in total. The molecular weight excluding hydrogens is 134 g/mol. The molecule has 11 heavy (non-hydrogen) atoms. The van der Waals surface area contributed by atoms with E-state index in [0.29, 0.717) is 5.54 Å². The zero-order valence-corrected chi connectivity index (χ0v) is 8.28. The second-order valence-electron chi connectivity index (χ2n) is 4.48. The molecule has 1 aliphatic heterocycles. The lowest BCUT2D eigenvalue weighted by Crippen LogP contribution is -2.63. The largest absolute Gasteiger partial charge is 0.311 e. The Morgan fingerprint density at radius 3 is 2.45 bits per heavy atom. The maximum atomic E-state index is 3.53. The van der Waals surface area contributed by atoms with Gasteiger partial charge in [0.15, 0.2) is 0 Å². The zero-order chi connectivity index (χ0) is 8.48. The molecule has 0 amide bonds. The van der Waals surface area contributed by atoms with Crippen molar-refractivity contribution in [3.8, 4) is 0 Å². The van der Waals surface area contributed by atoms with Crippen LogP contribution in [0.15, 0.2) is 0 Å². The fourth-order valence-electron chi connectivity index (χ4n) is 1.92. The topological polar surface area (TPSA) is 12.0 Å². The Balaban J connectivity index is 2.36. The highest BCUT2D eigenvalue weighted by Crippen LogP contribution is 2.33. The lowest BCUT2D eigenvalue weighted by Gasteiger charge is -2.49. The summed E-state index contributed by atoms with van der Waals surface area (Å²) in [5.74, 6) is 1.78. The van der Waals surface area contributed by atoms with E-state index in [0.717, 1.165) is 11.8 Å². The summed E-state index contributed by atoms with van der Waals surface area (Å²) in [7, 11) is 0. The first-order valence-electron chi connectivity index (χ1n) is 4.83. The Morgan fingerprint density at radius 2 is 2.18 bits per heavy atom. The normalized spacial score (nSPS) is 37.4. The van der Waals surface area contributed by atoms with Crippen LogP contribution in [-0.4, -0.2) is 12.1 Å². The monoisotopic (exact) mass is 155 g/mol. The van der Waals surface area contributed by atoms with Crippen LogP contribution in [0.3, 0.4) is 0 Å². The molecule has 0 bridgehead atoms. The first-order valence-corrected chi connectivity index (χ1v) is 4.83. The van der Waals surface area contributed by atoms with Gasteiger partial charge in [0.2, 0.25) is 0 Å². The summed E-state index contributed by atoms with van der Waals surface area (Å²) in [6.45, 7) is 10.5. The summed E-state index contributed by atoms with van der Waals surface area (Å²) in [6.07, 6.45) is 2.65. The molecule has 1 saturated heterocycles. The van der Waals surface area contributed by atoms with Gasteiger partial charge in [0.1, 0.15) is 0 Å². The maximum Gasteiger partial charge on any atom is 0.0191 e. The van der Waals surface area contributed by atoms with E-state index < -0.39 is 0 Å². The summed E-state index contributed by atoms with van der Waals surface area (Å²) >= 11 is 0. The van der Waals surface area contributed by atoms with Gasteiger partial charge in [-0.3, -0.25) is 0 Å². The highest BCUT2D eigenvalue weighted by Gasteiger charge is 2.40. The lowest BCUT2D eigenvalue weighted by molar-refractivity contribution is 0.0936. The molecule has 1 heteroatoms. The van der Waals surface area contributed by atoms with Crippen molar-refractivity contribution in [2.24, 2.45) is 11.8 Å². The van der Waals surface area contributed by atoms with Crippen LogP contribution >= 0.6 is 0 Å². The fourth-order valence-corrected chi connectivity index (χ4v) is 1.92. The summed E-state index contributed by atoms with van der Waals surface area (Å²) in [5, 5.41) is 3.53.